The van der Waals surface area contributed by atoms with Crippen molar-refractivity contribution < 1.29 is 8.42 Å². The van der Waals surface area contributed by atoms with Crippen molar-refractivity contribution in [1.29, 1.82) is 0 Å². The van der Waals surface area contributed by atoms with Gasteiger partial charge in [0.25, 0.3) is 0 Å². The molecule has 0 fully saturated rings. The lowest BCUT2D eigenvalue weighted by Crippen LogP contribution is -2.14. The fourth-order valence-corrected chi connectivity index (χ4v) is 2.79. The van der Waals surface area contributed by atoms with Gasteiger partial charge in [-0.2, -0.15) is 0 Å². The minimum absolute atomic E-state index is 0.104. The molecule has 0 unspecified atom stereocenters. The molecule has 0 saturated carbocycles. The van der Waals surface area contributed by atoms with E-state index in [1.165, 1.54) is 12.1 Å². The first-order valence-electron chi connectivity index (χ1n) is 6.12. The Kier molecular flexibility index (Phi) is 5.24. The zero-order valence-corrected chi connectivity index (χ0v) is 13.3. The largest absolute Gasteiger partial charge is 0.309 e. The van der Waals surface area contributed by atoms with Crippen LogP contribution >= 0.6 is 23.2 Å². The van der Waals surface area contributed by atoms with Crippen molar-refractivity contribution in [2.75, 3.05) is 0 Å². The monoisotopic (exact) mass is 344 g/mol. The fraction of sp³-hybridized carbons (Fsp3) is 0.143. The summed E-state index contributed by atoms with van der Waals surface area (Å²) >= 11 is 11.9. The molecule has 0 atom stereocenters. The third kappa shape index (κ3) is 4.69. The Bertz CT molecular complexity index is 731. The predicted molar refractivity (Wildman–Crippen MR) is 84.8 cm³/mol. The van der Waals surface area contributed by atoms with E-state index in [0.717, 1.165) is 11.1 Å². The normalized spacial score (nSPS) is 11.6. The van der Waals surface area contributed by atoms with Crippen LogP contribution in [0, 0.1) is 0 Å². The topological polar surface area (TPSA) is 72.2 Å². The molecular formula is C14H14Cl2N2O2S. The van der Waals surface area contributed by atoms with Gasteiger partial charge in [-0.05, 0) is 35.4 Å². The number of benzene rings is 2. The molecule has 0 saturated heterocycles. The summed E-state index contributed by atoms with van der Waals surface area (Å²) in [6, 6.07) is 11.8. The van der Waals surface area contributed by atoms with Crippen LogP contribution in [-0.4, -0.2) is 8.42 Å². The van der Waals surface area contributed by atoms with Gasteiger partial charge in [-0.25, -0.2) is 13.6 Å². The van der Waals surface area contributed by atoms with Crippen molar-refractivity contribution in [2.45, 2.75) is 18.0 Å². The van der Waals surface area contributed by atoms with Crippen LogP contribution in [0.4, 0.5) is 0 Å². The van der Waals surface area contributed by atoms with Crippen LogP contribution in [0.2, 0.25) is 10.0 Å². The van der Waals surface area contributed by atoms with Gasteiger partial charge in [0.2, 0.25) is 10.0 Å². The second-order valence-corrected chi connectivity index (χ2v) is 6.93. The van der Waals surface area contributed by atoms with Gasteiger partial charge in [0, 0.05) is 23.1 Å². The molecule has 0 spiro atoms. The SMILES string of the molecule is NS(=O)(=O)c1ccc(CNCc2ccc(Cl)cc2Cl)cc1. The van der Waals surface area contributed by atoms with E-state index in [1.54, 1.807) is 24.3 Å². The van der Waals surface area contributed by atoms with E-state index in [9.17, 15) is 8.42 Å². The van der Waals surface area contributed by atoms with E-state index in [4.69, 9.17) is 28.3 Å². The summed E-state index contributed by atoms with van der Waals surface area (Å²) < 4.78 is 22.3. The maximum atomic E-state index is 11.1. The first-order valence-corrected chi connectivity index (χ1v) is 8.43. The summed E-state index contributed by atoms with van der Waals surface area (Å²) in [5, 5.41) is 9.48. The van der Waals surface area contributed by atoms with Gasteiger partial charge in [-0.15, -0.1) is 0 Å². The first-order chi connectivity index (χ1) is 9.86. The van der Waals surface area contributed by atoms with Crippen LogP contribution in [-0.2, 0) is 23.1 Å². The summed E-state index contributed by atoms with van der Waals surface area (Å²) in [6.07, 6.45) is 0. The van der Waals surface area contributed by atoms with Crippen LogP contribution in [0.15, 0.2) is 47.4 Å². The summed E-state index contributed by atoms with van der Waals surface area (Å²) in [5.74, 6) is 0. The quantitative estimate of drug-likeness (QED) is 0.875. The average molecular weight is 345 g/mol. The molecule has 112 valence electrons. The fourth-order valence-electron chi connectivity index (χ4n) is 1.80. The molecule has 0 radical (unpaired) electrons. The molecule has 7 heteroatoms. The highest BCUT2D eigenvalue weighted by atomic mass is 35.5. The zero-order chi connectivity index (χ0) is 15.5. The minimum Gasteiger partial charge on any atom is -0.309 e. The van der Waals surface area contributed by atoms with Crippen molar-refractivity contribution in [1.82, 2.24) is 5.32 Å². The molecule has 0 aliphatic carbocycles. The highest BCUT2D eigenvalue weighted by molar-refractivity contribution is 7.89. The van der Waals surface area contributed by atoms with Crippen molar-refractivity contribution in [3.05, 3.63) is 63.6 Å². The molecule has 0 aromatic heterocycles. The van der Waals surface area contributed by atoms with E-state index in [2.05, 4.69) is 5.32 Å². The number of rotatable bonds is 5. The van der Waals surface area contributed by atoms with E-state index >= 15 is 0 Å². The number of primary sulfonamides is 1. The molecule has 2 aromatic rings. The average Bonchev–Trinajstić information content (AvgIpc) is 2.41. The predicted octanol–water partition coefficient (Wildman–Crippen LogP) is 2.93. The molecule has 21 heavy (non-hydrogen) atoms. The van der Waals surface area contributed by atoms with Crippen LogP contribution < -0.4 is 10.5 Å². The molecule has 2 rings (SSSR count). The highest BCUT2D eigenvalue weighted by Gasteiger charge is 2.06. The van der Waals surface area contributed by atoms with E-state index in [-0.39, 0.29) is 4.90 Å². The van der Waals surface area contributed by atoms with Crippen LogP contribution in [0.5, 0.6) is 0 Å². The van der Waals surface area contributed by atoms with Crippen molar-refractivity contribution >= 4 is 33.2 Å². The molecule has 0 amide bonds. The molecular weight excluding hydrogens is 331 g/mol. The summed E-state index contributed by atoms with van der Waals surface area (Å²) in [6.45, 7) is 1.18. The maximum absolute atomic E-state index is 11.1. The Morgan fingerprint density at radius 1 is 1.00 bits per heavy atom. The van der Waals surface area contributed by atoms with E-state index in [1.807, 2.05) is 6.07 Å². The van der Waals surface area contributed by atoms with Gasteiger partial charge < -0.3 is 5.32 Å². The summed E-state index contributed by atoms with van der Waals surface area (Å²) in [7, 11) is -3.64. The lowest BCUT2D eigenvalue weighted by atomic mass is 10.2. The molecule has 4 nitrogen and oxygen atoms in total. The molecule has 2 aromatic carbocycles. The summed E-state index contributed by atoms with van der Waals surface area (Å²) in [5.41, 5.74) is 1.90. The van der Waals surface area contributed by atoms with Gasteiger partial charge in [0.05, 0.1) is 4.90 Å². The number of hydrogen-bond donors (Lipinski definition) is 2. The van der Waals surface area contributed by atoms with Gasteiger partial charge in [-0.3, -0.25) is 0 Å². The number of nitrogens with one attached hydrogen (secondary N) is 1. The van der Waals surface area contributed by atoms with E-state index < -0.39 is 10.0 Å². The van der Waals surface area contributed by atoms with Crippen LogP contribution in [0.3, 0.4) is 0 Å². The third-order valence-corrected chi connectivity index (χ3v) is 4.43. The van der Waals surface area contributed by atoms with Crippen LogP contribution in [0.25, 0.3) is 0 Å². The van der Waals surface area contributed by atoms with Crippen molar-refractivity contribution in [3.8, 4) is 0 Å². The molecule has 0 heterocycles. The van der Waals surface area contributed by atoms with Crippen molar-refractivity contribution in [3.63, 3.8) is 0 Å². The van der Waals surface area contributed by atoms with Gasteiger partial charge >= 0.3 is 0 Å². The Hall–Kier alpha value is -1.11. The standard InChI is InChI=1S/C14H14Cl2N2O2S/c15-12-4-3-11(14(16)7-12)9-18-8-10-1-5-13(6-2-10)21(17,19)20/h1-7,18H,8-9H2,(H2,17,19,20). The van der Waals surface area contributed by atoms with Gasteiger partial charge in [-0.1, -0.05) is 41.4 Å². The number of nitrogens with two attached hydrogens (primary N) is 1. The number of hydrogen-bond acceptors (Lipinski definition) is 3. The molecule has 0 aliphatic heterocycles. The molecule has 0 aliphatic rings. The van der Waals surface area contributed by atoms with Crippen LogP contribution in [0.1, 0.15) is 11.1 Å². The Balaban J connectivity index is 1.94. The second kappa shape index (κ2) is 6.77. The highest BCUT2D eigenvalue weighted by Crippen LogP contribution is 2.20. The Morgan fingerprint density at radius 3 is 2.24 bits per heavy atom. The number of sulfonamides is 1. The third-order valence-electron chi connectivity index (χ3n) is 2.91. The molecule has 3 N–H and O–H groups in total. The summed E-state index contributed by atoms with van der Waals surface area (Å²) in [4.78, 5) is 0.104. The lowest BCUT2D eigenvalue weighted by Gasteiger charge is -2.08. The van der Waals surface area contributed by atoms with Gasteiger partial charge in [0.1, 0.15) is 0 Å². The maximum Gasteiger partial charge on any atom is 0.238 e. The second-order valence-electron chi connectivity index (χ2n) is 4.53. The lowest BCUT2D eigenvalue weighted by molar-refractivity contribution is 0.597. The van der Waals surface area contributed by atoms with Crippen molar-refractivity contribution in [2.24, 2.45) is 5.14 Å². The zero-order valence-electron chi connectivity index (χ0n) is 11.0. The molecule has 0 bridgehead atoms. The van der Waals surface area contributed by atoms with Gasteiger partial charge in [0.15, 0.2) is 0 Å². The minimum atomic E-state index is -3.64. The smallest absolute Gasteiger partial charge is 0.238 e. The Morgan fingerprint density at radius 2 is 1.67 bits per heavy atom. The number of halogens is 2. The van der Waals surface area contributed by atoms with E-state index in [0.29, 0.717) is 23.1 Å². The first kappa shape index (κ1) is 16.3. The Labute approximate surface area is 133 Å².